The molecule has 148 valence electrons. The number of hydrogen-bond acceptors (Lipinski definition) is 4. The van der Waals surface area contributed by atoms with Crippen molar-refractivity contribution >= 4 is 29.1 Å². The lowest BCUT2D eigenvalue weighted by molar-refractivity contribution is 0.627. The normalized spacial score (nSPS) is 11.3. The Morgan fingerprint density at radius 3 is 2.66 bits per heavy atom. The largest absolute Gasteiger partial charge is 0.253 e. The Bertz CT molecular complexity index is 1210. The van der Waals surface area contributed by atoms with Crippen molar-refractivity contribution < 1.29 is 4.39 Å². The van der Waals surface area contributed by atoms with Crippen molar-refractivity contribution in [2.45, 2.75) is 38.1 Å². The molecule has 0 radical (unpaired) electrons. The zero-order valence-electron chi connectivity index (χ0n) is 16.4. The monoisotopic (exact) mass is 426 g/mol. The van der Waals surface area contributed by atoms with Gasteiger partial charge in [0.1, 0.15) is 5.82 Å². The van der Waals surface area contributed by atoms with Gasteiger partial charge in [0.15, 0.2) is 0 Å². The van der Waals surface area contributed by atoms with Crippen molar-refractivity contribution in [2.24, 2.45) is 0 Å². The third-order valence-corrected chi connectivity index (χ3v) is 6.10. The van der Waals surface area contributed by atoms with Gasteiger partial charge in [-0.15, -0.1) is 5.10 Å². The summed E-state index contributed by atoms with van der Waals surface area (Å²) in [5, 5.41) is 5.65. The highest BCUT2D eigenvalue weighted by atomic mass is 35.5. The van der Waals surface area contributed by atoms with E-state index in [2.05, 4.69) is 46.3 Å². The highest BCUT2D eigenvalue weighted by molar-refractivity contribution is 7.98. The Kier molecular flexibility index (Phi) is 5.56. The van der Waals surface area contributed by atoms with Crippen LogP contribution in [0.4, 0.5) is 4.39 Å². The number of halogens is 2. The van der Waals surface area contributed by atoms with Gasteiger partial charge in [0.25, 0.3) is 5.78 Å². The van der Waals surface area contributed by atoms with Crippen LogP contribution in [0.25, 0.3) is 5.78 Å². The number of hydrogen-bond donors (Lipinski definition) is 0. The first-order valence-electron chi connectivity index (χ1n) is 9.26. The van der Waals surface area contributed by atoms with Crippen LogP contribution in [0.1, 0.15) is 33.6 Å². The molecule has 0 aliphatic heterocycles. The van der Waals surface area contributed by atoms with Gasteiger partial charge >= 0.3 is 0 Å². The molecule has 0 saturated heterocycles. The summed E-state index contributed by atoms with van der Waals surface area (Å²) in [6.45, 7) is 6.16. The lowest BCUT2D eigenvalue weighted by Crippen LogP contribution is -2.06. The van der Waals surface area contributed by atoms with Gasteiger partial charge in [-0.05, 0) is 49.6 Å². The Morgan fingerprint density at radius 2 is 1.90 bits per heavy atom. The number of benzene rings is 2. The summed E-state index contributed by atoms with van der Waals surface area (Å²) in [5.74, 6) is 0.802. The second-order valence-electron chi connectivity index (χ2n) is 7.06. The standard InChI is InChI=1S/C22H20ClFN4S/c1-13-5-4-6-16(9-13)10-19-14(2)25-21-26-22(27-28(21)15(19)3)29-12-17-7-8-18(24)11-20(17)23/h4-9,11H,10,12H2,1-3H3. The van der Waals surface area contributed by atoms with Gasteiger partial charge < -0.3 is 0 Å². The molecule has 0 amide bonds. The van der Waals surface area contributed by atoms with Gasteiger partial charge in [0, 0.05) is 28.6 Å². The second kappa shape index (κ2) is 8.13. The third kappa shape index (κ3) is 4.28. The van der Waals surface area contributed by atoms with Gasteiger partial charge in [-0.2, -0.15) is 4.98 Å². The van der Waals surface area contributed by atoms with Crippen LogP contribution < -0.4 is 0 Å². The Balaban J connectivity index is 1.61. The average molecular weight is 427 g/mol. The molecule has 2 aromatic heterocycles. The van der Waals surface area contributed by atoms with Gasteiger partial charge in [0.05, 0.1) is 0 Å². The van der Waals surface area contributed by atoms with Gasteiger partial charge in [-0.1, -0.05) is 59.3 Å². The summed E-state index contributed by atoms with van der Waals surface area (Å²) in [5.41, 5.74) is 6.49. The van der Waals surface area contributed by atoms with Crippen molar-refractivity contribution in [3.8, 4) is 0 Å². The van der Waals surface area contributed by atoms with Crippen molar-refractivity contribution in [1.29, 1.82) is 0 Å². The van der Waals surface area contributed by atoms with Crippen LogP contribution in [0.3, 0.4) is 0 Å². The molecule has 7 heteroatoms. The highest BCUT2D eigenvalue weighted by Crippen LogP contribution is 2.26. The van der Waals surface area contributed by atoms with E-state index < -0.39 is 0 Å². The fraction of sp³-hybridized carbons (Fsp3) is 0.227. The number of aromatic nitrogens is 4. The van der Waals surface area contributed by atoms with E-state index in [0.717, 1.165) is 28.9 Å². The van der Waals surface area contributed by atoms with Crippen LogP contribution >= 0.6 is 23.4 Å². The summed E-state index contributed by atoms with van der Waals surface area (Å²) in [4.78, 5) is 9.21. The molecular weight excluding hydrogens is 407 g/mol. The summed E-state index contributed by atoms with van der Waals surface area (Å²) in [6.07, 6.45) is 0.801. The molecule has 0 saturated carbocycles. The number of rotatable bonds is 5. The Morgan fingerprint density at radius 1 is 1.07 bits per heavy atom. The van der Waals surface area contributed by atoms with E-state index in [4.69, 9.17) is 11.6 Å². The molecule has 0 aliphatic carbocycles. The first kappa shape index (κ1) is 19.9. The predicted octanol–water partition coefficient (Wildman–Crippen LogP) is 5.73. The fourth-order valence-corrected chi connectivity index (χ4v) is 4.45. The maximum atomic E-state index is 13.2. The minimum Gasteiger partial charge on any atom is -0.216 e. The van der Waals surface area contributed by atoms with E-state index in [-0.39, 0.29) is 5.82 Å². The summed E-state index contributed by atoms with van der Waals surface area (Å²) >= 11 is 7.57. The first-order valence-corrected chi connectivity index (χ1v) is 10.6. The topological polar surface area (TPSA) is 43.1 Å². The second-order valence-corrected chi connectivity index (χ2v) is 8.41. The number of nitrogens with zero attached hydrogens (tertiary/aromatic N) is 4. The van der Waals surface area contributed by atoms with Gasteiger partial charge in [-0.3, -0.25) is 0 Å². The summed E-state index contributed by atoms with van der Waals surface area (Å²) in [6, 6.07) is 12.9. The van der Waals surface area contributed by atoms with Crippen LogP contribution in [0.5, 0.6) is 0 Å². The van der Waals surface area contributed by atoms with Crippen molar-refractivity contribution in [3.63, 3.8) is 0 Å². The van der Waals surface area contributed by atoms with Crippen LogP contribution in [-0.2, 0) is 12.2 Å². The molecule has 0 fully saturated rings. The molecule has 4 aromatic rings. The van der Waals surface area contributed by atoms with Crippen LogP contribution in [-0.4, -0.2) is 19.6 Å². The molecule has 0 atom stereocenters. The van der Waals surface area contributed by atoms with E-state index in [9.17, 15) is 4.39 Å². The molecule has 29 heavy (non-hydrogen) atoms. The third-order valence-electron chi connectivity index (χ3n) is 4.86. The fourth-order valence-electron chi connectivity index (χ4n) is 3.31. The molecule has 0 bridgehead atoms. The van der Waals surface area contributed by atoms with Crippen molar-refractivity contribution in [2.75, 3.05) is 0 Å². The number of thioether (sulfide) groups is 1. The lowest BCUT2D eigenvalue weighted by atomic mass is 10.0. The lowest BCUT2D eigenvalue weighted by Gasteiger charge is -2.10. The van der Waals surface area contributed by atoms with E-state index in [1.807, 2.05) is 13.8 Å². The maximum Gasteiger partial charge on any atom is 0.253 e. The molecule has 0 unspecified atom stereocenters. The maximum absolute atomic E-state index is 13.2. The van der Waals surface area contributed by atoms with Gasteiger partial charge in [0.2, 0.25) is 5.16 Å². The smallest absolute Gasteiger partial charge is 0.216 e. The molecule has 0 spiro atoms. The molecule has 2 aromatic carbocycles. The number of fused-ring (bicyclic) bond motifs is 1. The zero-order chi connectivity index (χ0) is 20.5. The minimum atomic E-state index is -0.342. The van der Waals surface area contributed by atoms with E-state index in [1.165, 1.54) is 35.0 Å². The zero-order valence-corrected chi connectivity index (χ0v) is 18.0. The quantitative estimate of drug-likeness (QED) is 0.382. The molecule has 4 nitrogen and oxygen atoms in total. The molecular formula is C22H20ClFN4S. The van der Waals surface area contributed by atoms with E-state index in [0.29, 0.717) is 21.7 Å². The van der Waals surface area contributed by atoms with Crippen LogP contribution in [0.2, 0.25) is 5.02 Å². The van der Waals surface area contributed by atoms with Gasteiger partial charge in [-0.25, -0.2) is 13.9 Å². The summed E-state index contributed by atoms with van der Waals surface area (Å²) in [7, 11) is 0. The predicted molar refractivity (Wildman–Crippen MR) is 115 cm³/mol. The molecule has 0 N–H and O–H groups in total. The Hall–Kier alpha value is -2.44. The van der Waals surface area contributed by atoms with Crippen molar-refractivity contribution in [3.05, 3.63) is 86.9 Å². The summed E-state index contributed by atoms with van der Waals surface area (Å²) < 4.78 is 15.0. The number of aryl methyl sites for hydroxylation is 3. The van der Waals surface area contributed by atoms with Crippen LogP contribution in [0.15, 0.2) is 47.6 Å². The first-order chi connectivity index (χ1) is 13.9. The van der Waals surface area contributed by atoms with E-state index in [1.54, 1.807) is 10.6 Å². The van der Waals surface area contributed by atoms with Crippen LogP contribution in [0, 0.1) is 26.6 Å². The average Bonchev–Trinajstić information content (AvgIpc) is 3.07. The highest BCUT2D eigenvalue weighted by Gasteiger charge is 2.15. The Labute approximate surface area is 178 Å². The van der Waals surface area contributed by atoms with E-state index >= 15 is 0 Å². The molecule has 4 rings (SSSR count). The SMILES string of the molecule is Cc1cccc(Cc2c(C)nc3nc(SCc4ccc(F)cc4Cl)nn3c2C)c1. The van der Waals surface area contributed by atoms with Crippen molar-refractivity contribution in [1.82, 2.24) is 19.6 Å². The molecule has 2 heterocycles. The minimum absolute atomic E-state index is 0.342. The molecule has 0 aliphatic rings.